The second-order valence-corrected chi connectivity index (χ2v) is 8.68. The number of ketones is 1. The standard InChI is InChI=1S/C25H30N2O4/c1-16(2)22-20(25(29)31-19-12-8-9-17(3)15-19)13-14-21(27(4)26-30)23(22)24(28)18-10-6-5-7-11-18/h5-7,10-11,13-14,16-17,19H,8-9,12,15H2,1-4H3. The molecule has 0 bridgehead atoms. The number of ether oxygens (including phenoxy) is 1. The van der Waals surface area contributed by atoms with E-state index in [0.29, 0.717) is 33.9 Å². The Morgan fingerprint density at radius 2 is 1.81 bits per heavy atom. The highest BCUT2D eigenvalue weighted by molar-refractivity contribution is 6.15. The molecule has 0 saturated heterocycles. The minimum absolute atomic E-state index is 0.108. The number of benzene rings is 2. The van der Waals surface area contributed by atoms with Crippen LogP contribution in [0.5, 0.6) is 0 Å². The molecule has 31 heavy (non-hydrogen) atoms. The minimum Gasteiger partial charge on any atom is -0.459 e. The largest absolute Gasteiger partial charge is 0.459 e. The van der Waals surface area contributed by atoms with Gasteiger partial charge in [-0.3, -0.25) is 4.79 Å². The van der Waals surface area contributed by atoms with Gasteiger partial charge in [-0.25, -0.2) is 9.80 Å². The van der Waals surface area contributed by atoms with Crippen molar-refractivity contribution >= 4 is 17.4 Å². The molecule has 0 aromatic heterocycles. The van der Waals surface area contributed by atoms with Crippen LogP contribution in [0.4, 0.5) is 5.69 Å². The van der Waals surface area contributed by atoms with Gasteiger partial charge in [-0.05, 0) is 48.8 Å². The summed E-state index contributed by atoms with van der Waals surface area (Å²) in [6.07, 6.45) is 3.81. The minimum atomic E-state index is -0.418. The summed E-state index contributed by atoms with van der Waals surface area (Å²) in [7, 11) is 1.50. The Labute approximate surface area is 183 Å². The molecule has 0 heterocycles. The summed E-state index contributed by atoms with van der Waals surface area (Å²) in [6.45, 7) is 6.02. The van der Waals surface area contributed by atoms with Gasteiger partial charge < -0.3 is 4.74 Å². The van der Waals surface area contributed by atoms with E-state index >= 15 is 0 Å². The van der Waals surface area contributed by atoms with Crippen molar-refractivity contribution in [3.05, 3.63) is 69.6 Å². The molecule has 2 aromatic carbocycles. The first kappa shape index (κ1) is 22.7. The summed E-state index contributed by atoms with van der Waals surface area (Å²) in [6, 6.07) is 12.1. The number of carbonyl (C=O) groups excluding carboxylic acids is 2. The van der Waals surface area contributed by atoms with Crippen LogP contribution in [0.15, 0.2) is 47.8 Å². The lowest BCUT2D eigenvalue weighted by molar-refractivity contribution is 0.0153. The normalized spacial score (nSPS) is 18.5. The monoisotopic (exact) mass is 422 g/mol. The van der Waals surface area contributed by atoms with Crippen molar-refractivity contribution in [2.75, 3.05) is 12.1 Å². The van der Waals surface area contributed by atoms with Crippen LogP contribution >= 0.6 is 0 Å². The maximum Gasteiger partial charge on any atom is 0.338 e. The Bertz CT molecular complexity index is 955. The van der Waals surface area contributed by atoms with Crippen molar-refractivity contribution in [2.45, 2.75) is 58.5 Å². The quantitative estimate of drug-likeness (QED) is 0.240. The van der Waals surface area contributed by atoms with Gasteiger partial charge >= 0.3 is 5.97 Å². The molecule has 0 aliphatic heterocycles. The molecule has 2 aromatic rings. The second kappa shape index (κ2) is 9.86. The Morgan fingerprint density at radius 1 is 1.10 bits per heavy atom. The van der Waals surface area contributed by atoms with E-state index in [1.807, 2.05) is 19.9 Å². The molecule has 2 atom stereocenters. The third kappa shape index (κ3) is 5.01. The predicted octanol–water partition coefficient (Wildman–Crippen LogP) is 5.89. The molecule has 1 fully saturated rings. The molecular formula is C25H30N2O4. The van der Waals surface area contributed by atoms with Crippen molar-refractivity contribution in [2.24, 2.45) is 11.2 Å². The fourth-order valence-corrected chi connectivity index (χ4v) is 4.37. The highest BCUT2D eigenvalue weighted by atomic mass is 16.5. The van der Waals surface area contributed by atoms with Crippen LogP contribution in [0.25, 0.3) is 0 Å². The first-order chi connectivity index (χ1) is 14.8. The van der Waals surface area contributed by atoms with Gasteiger partial charge in [0.25, 0.3) is 0 Å². The fourth-order valence-electron chi connectivity index (χ4n) is 4.37. The molecule has 6 heteroatoms. The Hall–Kier alpha value is -3.02. The van der Waals surface area contributed by atoms with Crippen LogP contribution in [0.1, 0.15) is 84.2 Å². The van der Waals surface area contributed by atoms with Crippen LogP contribution in [-0.2, 0) is 4.74 Å². The highest BCUT2D eigenvalue weighted by Gasteiger charge is 2.29. The first-order valence-corrected chi connectivity index (χ1v) is 10.9. The smallest absolute Gasteiger partial charge is 0.338 e. The molecule has 0 spiro atoms. The summed E-state index contributed by atoms with van der Waals surface area (Å²) in [5, 5.41) is 4.11. The Balaban J connectivity index is 2.09. The van der Waals surface area contributed by atoms with Crippen molar-refractivity contribution in [3.8, 4) is 0 Å². The molecule has 0 N–H and O–H groups in total. The van der Waals surface area contributed by atoms with E-state index in [4.69, 9.17) is 4.74 Å². The Kier molecular flexibility index (Phi) is 7.21. The number of nitrogens with zero attached hydrogens (tertiary/aromatic N) is 2. The maximum absolute atomic E-state index is 13.5. The molecule has 1 saturated carbocycles. The SMILES string of the molecule is CC1CCCC(OC(=O)c2ccc(N(C)N=O)c(C(=O)c3ccccc3)c2C(C)C)C1. The summed E-state index contributed by atoms with van der Waals surface area (Å²) >= 11 is 0. The second-order valence-electron chi connectivity index (χ2n) is 8.68. The number of hydrogen-bond acceptors (Lipinski definition) is 5. The van der Waals surface area contributed by atoms with Crippen molar-refractivity contribution < 1.29 is 14.3 Å². The van der Waals surface area contributed by atoms with Crippen LogP contribution in [0, 0.1) is 10.8 Å². The summed E-state index contributed by atoms with van der Waals surface area (Å²) in [5.74, 6) is -0.287. The van der Waals surface area contributed by atoms with E-state index in [0.717, 1.165) is 30.7 Å². The van der Waals surface area contributed by atoms with Gasteiger partial charge in [0.1, 0.15) is 6.10 Å². The van der Waals surface area contributed by atoms with Crippen LogP contribution < -0.4 is 5.01 Å². The molecule has 1 aliphatic carbocycles. The highest BCUT2D eigenvalue weighted by Crippen LogP contribution is 2.35. The van der Waals surface area contributed by atoms with E-state index in [2.05, 4.69) is 12.2 Å². The van der Waals surface area contributed by atoms with Crippen LogP contribution in [0.2, 0.25) is 0 Å². The van der Waals surface area contributed by atoms with Gasteiger partial charge in [0.2, 0.25) is 0 Å². The number of hydrogen-bond donors (Lipinski definition) is 0. The zero-order chi connectivity index (χ0) is 22.5. The Morgan fingerprint density at radius 3 is 2.42 bits per heavy atom. The van der Waals surface area contributed by atoms with E-state index in [-0.39, 0.29) is 17.8 Å². The molecule has 2 unspecified atom stereocenters. The van der Waals surface area contributed by atoms with Crippen molar-refractivity contribution in [1.82, 2.24) is 0 Å². The average molecular weight is 423 g/mol. The van der Waals surface area contributed by atoms with Crippen molar-refractivity contribution in [1.29, 1.82) is 0 Å². The van der Waals surface area contributed by atoms with E-state index in [9.17, 15) is 14.5 Å². The van der Waals surface area contributed by atoms with Gasteiger partial charge in [0.15, 0.2) is 5.78 Å². The summed E-state index contributed by atoms with van der Waals surface area (Å²) < 4.78 is 5.86. The third-order valence-electron chi connectivity index (χ3n) is 5.92. The maximum atomic E-state index is 13.5. The fraction of sp³-hybridized carbons (Fsp3) is 0.440. The van der Waals surface area contributed by atoms with Crippen LogP contribution in [0.3, 0.4) is 0 Å². The topological polar surface area (TPSA) is 76.0 Å². The zero-order valence-corrected chi connectivity index (χ0v) is 18.6. The van der Waals surface area contributed by atoms with Gasteiger partial charge in [0, 0.05) is 12.6 Å². The van der Waals surface area contributed by atoms with Gasteiger partial charge in [-0.15, -0.1) is 4.91 Å². The predicted molar refractivity (Wildman–Crippen MR) is 121 cm³/mol. The number of nitroso groups, excluding NO2 is 1. The zero-order valence-electron chi connectivity index (χ0n) is 18.6. The van der Waals surface area contributed by atoms with E-state index in [1.165, 1.54) is 7.05 Å². The summed E-state index contributed by atoms with van der Waals surface area (Å²) in [4.78, 5) is 38.0. The summed E-state index contributed by atoms with van der Waals surface area (Å²) in [5.41, 5.74) is 2.12. The molecule has 0 amide bonds. The molecule has 164 valence electrons. The van der Waals surface area contributed by atoms with Crippen molar-refractivity contribution in [3.63, 3.8) is 0 Å². The molecular weight excluding hydrogens is 392 g/mol. The third-order valence-corrected chi connectivity index (χ3v) is 5.92. The number of esters is 1. The van der Waals surface area contributed by atoms with Gasteiger partial charge in [0.05, 0.1) is 22.1 Å². The average Bonchev–Trinajstić information content (AvgIpc) is 2.77. The number of carbonyl (C=O) groups is 2. The molecule has 0 radical (unpaired) electrons. The molecule has 3 rings (SSSR count). The molecule has 6 nitrogen and oxygen atoms in total. The lowest BCUT2D eigenvalue weighted by Gasteiger charge is -2.27. The van der Waals surface area contributed by atoms with Gasteiger partial charge in [-0.2, -0.15) is 0 Å². The van der Waals surface area contributed by atoms with Crippen LogP contribution in [-0.4, -0.2) is 24.9 Å². The lowest BCUT2D eigenvalue weighted by Crippen LogP contribution is -2.26. The number of rotatable bonds is 7. The van der Waals surface area contributed by atoms with E-state index < -0.39 is 5.97 Å². The number of anilines is 1. The first-order valence-electron chi connectivity index (χ1n) is 10.9. The van der Waals surface area contributed by atoms with Gasteiger partial charge in [-0.1, -0.05) is 57.5 Å². The molecule has 1 aliphatic rings. The van der Waals surface area contributed by atoms with E-state index in [1.54, 1.807) is 36.4 Å². The lowest BCUT2D eigenvalue weighted by atomic mass is 9.86.